The topological polar surface area (TPSA) is 16.4 Å². The molecule has 0 spiro atoms. The Morgan fingerprint density at radius 2 is 0.855 bits per heavy atom. The van der Waals surface area contributed by atoms with E-state index in [-0.39, 0.29) is 10.8 Å². The Labute approximate surface area is 363 Å². The SMILES string of the molecule is CC1(C)c2cc(N(c3ccc(-c4ccccc4)cc3)c3ccc(-c4cccc5c4oc4ccccc45)cc3)ccc2-c2cc3c(cc21)-c1c(-c2ccccc2)cccc1C3(C)C. The molecule has 62 heavy (non-hydrogen) atoms. The summed E-state index contributed by atoms with van der Waals surface area (Å²) in [5, 5.41) is 2.28. The fourth-order valence-corrected chi connectivity index (χ4v) is 10.6. The molecule has 10 aromatic rings. The van der Waals surface area contributed by atoms with Gasteiger partial charge in [0.1, 0.15) is 11.2 Å². The van der Waals surface area contributed by atoms with Crippen molar-refractivity contribution in [1.29, 1.82) is 0 Å². The molecule has 2 aliphatic rings. The Bertz CT molecular complexity index is 3370. The van der Waals surface area contributed by atoms with Crippen LogP contribution in [0.15, 0.2) is 205 Å². The average Bonchev–Trinajstić information content (AvgIpc) is 3.89. The van der Waals surface area contributed by atoms with E-state index in [1.54, 1.807) is 0 Å². The van der Waals surface area contributed by atoms with Crippen LogP contribution in [0, 0.1) is 0 Å². The van der Waals surface area contributed by atoms with Gasteiger partial charge >= 0.3 is 0 Å². The molecule has 2 heteroatoms. The monoisotopic (exact) mass is 795 g/mol. The average molecular weight is 796 g/mol. The van der Waals surface area contributed by atoms with E-state index in [9.17, 15) is 0 Å². The summed E-state index contributed by atoms with van der Waals surface area (Å²) in [5.74, 6) is 0. The summed E-state index contributed by atoms with van der Waals surface area (Å²) in [5.41, 5.74) is 23.0. The molecule has 9 aromatic carbocycles. The molecule has 0 saturated carbocycles. The molecule has 0 N–H and O–H groups in total. The molecule has 0 unspecified atom stereocenters. The second-order valence-electron chi connectivity index (χ2n) is 18.1. The first-order valence-electron chi connectivity index (χ1n) is 21.8. The van der Waals surface area contributed by atoms with Crippen LogP contribution < -0.4 is 4.90 Å². The molecule has 0 amide bonds. The van der Waals surface area contributed by atoms with Gasteiger partial charge in [-0.25, -0.2) is 0 Å². The summed E-state index contributed by atoms with van der Waals surface area (Å²) in [6, 6.07) is 73.3. The lowest BCUT2D eigenvalue weighted by molar-refractivity contribution is 0.652. The van der Waals surface area contributed by atoms with E-state index in [4.69, 9.17) is 4.42 Å². The van der Waals surface area contributed by atoms with Gasteiger partial charge in [-0.1, -0.05) is 173 Å². The highest BCUT2D eigenvalue weighted by Gasteiger charge is 2.42. The third kappa shape index (κ3) is 5.43. The molecule has 2 nitrogen and oxygen atoms in total. The minimum absolute atomic E-state index is 0.123. The lowest BCUT2D eigenvalue weighted by Crippen LogP contribution is -2.17. The van der Waals surface area contributed by atoms with E-state index in [0.717, 1.165) is 50.1 Å². The minimum Gasteiger partial charge on any atom is -0.455 e. The molecule has 0 saturated heterocycles. The van der Waals surface area contributed by atoms with Crippen LogP contribution in [0.25, 0.3) is 77.6 Å². The Hall–Kier alpha value is -7.42. The van der Waals surface area contributed by atoms with Gasteiger partial charge in [0.05, 0.1) is 0 Å². The Morgan fingerprint density at radius 1 is 0.339 bits per heavy atom. The van der Waals surface area contributed by atoms with Crippen LogP contribution in [0.2, 0.25) is 0 Å². The number of rotatable bonds is 6. The first kappa shape index (κ1) is 36.4. The van der Waals surface area contributed by atoms with Gasteiger partial charge in [-0.05, 0) is 127 Å². The normalized spacial score (nSPS) is 14.1. The highest BCUT2D eigenvalue weighted by molar-refractivity contribution is 6.09. The van der Waals surface area contributed by atoms with Crippen molar-refractivity contribution >= 4 is 39.0 Å². The van der Waals surface area contributed by atoms with Crippen LogP contribution in [0.3, 0.4) is 0 Å². The lowest BCUT2D eigenvalue weighted by Gasteiger charge is -2.28. The molecule has 296 valence electrons. The Morgan fingerprint density at radius 3 is 1.60 bits per heavy atom. The lowest BCUT2D eigenvalue weighted by atomic mass is 9.79. The highest BCUT2D eigenvalue weighted by atomic mass is 16.3. The number of nitrogens with zero attached hydrogens (tertiary/aromatic N) is 1. The number of furan rings is 1. The zero-order valence-corrected chi connectivity index (χ0v) is 35.4. The van der Waals surface area contributed by atoms with Crippen molar-refractivity contribution < 1.29 is 4.42 Å². The summed E-state index contributed by atoms with van der Waals surface area (Å²) in [7, 11) is 0. The standard InChI is InChI=1S/C60H45NO/c1-59(2)52-23-14-20-45(40-17-9-6-10-18-40)57(52)51-37-54-50(36-55(51)59)47-34-33-44(35-53(47)60(54,3)4)61(42-29-25-39(26-30-42)38-15-7-5-8-16-38)43-31-27-41(28-32-43)46-21-13-22-49-48-19-11-12-24-56(48)62-58(46)49/h5-37H,1-4H3. The van der Waals surface area contributed by atoms with Gasteiger partial charge in [-0.15, -0.1) is 0 Å². The third-order valence-electron chi connectivity index (χ3n) is 13.9. The number of hydrogen-bond acceptors (Lipinski definition) is 2. The zero-order chi connectivity index (χ0) is 41.7. The molecule has 0 radical (unpaired) electrons. The van der Waals surface area contributed by atoms with Gasteiger partial charge in [-0.2, -0.15) is 0 Å². The molecular weight excluding hydrogens is 751 g/mol. The molecule has 0 atom stereocenters. The minimum atomic E-state index is -0.220. The van der Waals surface area contributed by atoms with E-state index < -0.39 is 0 Å². The molecule has 0 fully saturated rings. The van der Waals surface area contributed by atoms with Crippen LogP contribution in [-0.2, 0) is 10.8 Å². The molecule has 0 bridgehead atoms. The second kappa shape index (κ2) is 13.5. The van der Waals surface area contributed by atoms with Gasteiger partial charge < -0.3 is 9.32 Å². The van der Waals surface area contributed by atoms with E-state index >= 15 is 0 Å². The Kier molecular flexibility index (Phi) is 7.96. The molecule has 12 rings (SSSR count). The predicted octanol–water partition coefficient (Wildman–Crippen LogP) is 16.7. The van der Waals surface area contributed by atoms with Crippen molar-refractivity contribution in [2.24, 2.45) is 0 Å². The van der Waals surface area contributed by atoms with Gasteiger partial charge in [0, 0.05) is 44.2 Å². The van der Waals surface area contributed by atoms with Crippen LogP contribution >= 0.6 is 0 Å². The van der Waals surface area contributed by atoms with E-state index in [1.807, 2.05) is 12.1 Å². The first-order valence-corrected chi connectivity index (χ1v) is 21.8. The zero-order valence-electron chi connectivity index (χ0n) is 35.4. The molecule has 1 heterocycles. The molecule has 0 aliphatic heterocycles. The maximum atomic E-state index is 6.46. The van der Waals surface area contributed by atoms with Crippen molar-refractivity contribution in [3.05, 3.63) is 222 Å². The van der Waals surface area contributed by atoms with Crippen molar-refractivity contribution in [3.63, 3.8) is 0 Å². The van der Waals surface area contributed by atoms with Gasteiger partial charge in [-0.3, -0.25) is 0 Å². The summed E-state index contributed by atoms with van der Waals surface area (Å²) < 4.78 is 6.46. The summed E-state index contributed by atoms with van der Waals surface area (Å²) in [4.78, 5) is 2.41. The summed E-state index contributed by atoms with van der Waals surface area (Å²) >= 11 is 0. The first-order chi connectivity index (χ1) is 30.3. The molecule has 1 aromatic heterocycles. The summed E-state index contributed by atoms with van der Waals surface area (Å²) in [6.45, 7) is 9.60. The van der Waals surface area contributed by atoms with Crippen LogP contribution in [0.5, 0.6) is 0 Å². The third-order valence-corrected chi connectivity index (χ3v) is 13.9. The Balaban J connectivity index is 0.977. The van der Waals surface area contributed by atoms with Crippen molar-refractivity contribution in [2.45, 2.75) is 38.5 Å². The fourth-order valence-electron chi connectivity index (χ4n) is 10.6. The largest absolute Gasteiger partial charge is 0.455 e. The smallest absolute Gasteiger partial charge is 0.143 e. The molecular formula is C60H45NO. The number of hydrogen-bond donors (Lipinski definition) is 0. The van der Waals surface area contributed by atoms with Crippen LogP contribution in [0.1, 0.15) is 49.9 Å². The van der Waals surface area contributed by atoms with Gasteiger partial charge in [0.15, 0.2) is 0 Å². The maximum Gasteiger partial charge on any atom is 0.143 e. The van der Waals surface area contributed by atoms with Crippen molar-refractivity contribution in [2.75, 3.05) is 4.90 Å². The number of anilines is 3. The number of para-hydroxylation sites is 2. The van der Waals surface area contributed by atoms with Crippen LogP contribution in [0.4, 0.5) is 17.1 Å². The predicted molar refractivity (Wildman–Crippen MR) is 260 cm³/mol. The van der Waals surface area contributed by atoms with Crippen molar-refractivity contribution in [1.82, 2.24) is 0 Å². The quantitative estimate of drug-likeness (QED) is 0.167. The second-order valence-corrected chi connectivity index (χ2v) is 18.1. The van der Waals surface area contributed by atoms with Gasteiger partial charge in [0.2, 0.25) is 0 Å². The summed E-state index contributed by atoms with van der Waals surface area (Å²) in [6.07, 6.45) is 0. The van der Waals surface area contributed by atoms with E-state index in [2.05, 4.69) is 221 Å². The molecule has 2 aliphatic carbocycles. The highest BCUT2D eigenvalue weighted by Crippen LogP contribution is 2.58. The number of benzene rings is 9. The fraction of sp³-hybridized carbons (Fsp3) is 0.100. The van der Waals surface area contributed by atoms with Gasteiger partial charge in [0.25, 0.3) is 0 Å². The van der Waals surface area contributed by atoms with E-state index in [0.29, 0.717) is 0 Å². The number of fused-ring (bicyclic) bond motifs is 9. The van der Waals surface area contributed by atoms with Crippen LogP contribution in [-0.4, -0.2) is 0 Å². The van der Waals surface area contributed by atoms with Crippen molar-refractivity contribution in [3.8, 4) is 55.6 Å². The van der Waals surface area contributed by atoms with E-state index in [1.165, 1.54) is 66.8 Å². The maximum absolute atomic E-state index is 6.46.